The topological polar surface area (TPSA) is 78.5 Å². The minimum atomic E-state index is -0.269. The molecule has 0 spiro atoms. The average molecular weight is 379 g/mol. The molecule has 2 aromatic rings. The largest absolute Gasteiger partial charge is 0.352 e. The molecule has 146 valence electrons. The van der Waals surface area contributed by atoms with Gasteiger partial charge in [-0.25, -0.2) is 0 Å². The Morgan fingerprint density at radius 1 is 1.00 bits per heavy atom. The molecular weight excluding hydrogens is 354 g/mol. The minimum Gasteiger partial charge on any atom is -0.352 e. The number of anilines is 1. The van der Waals surface area contributed by atoms with Crippen molar-refractivity contribution in [3.63, 3.8) is 0 Å². The second-order valence-corrected chi connectivity index (χ2v) is 6.45. The highest BCUT2D eigenvalue weighted by Gasteiger charge is 2.13. The van der Waals surface area contributed by atoms with Crippen LogP contribution < -0.4 is 10.6 Å². The molecule has 2 aromatic carbocycles. The first-order valence-corrected chi connectivity index (χ1v) is 9.05. The third-order valence-corrected chi connectivity index (χ3v) is 4.01. The van der Waals surface area contributed by atoms with Crippen LogP contribution in [0.15, 0.2) is 60.7 Å². The van der Waals surface area contributed by atoms with Gasteiger partial charge < -0.3 is 15.5 Å². The summed E-state index contributed by atoms with van der Waals surface area (Å²) in [4.78, 5) is 37.3. The highest BCUT2D eigenvalue weighted by molar-refractivity contribution is 5.95. The molecule has 0 aromatic heterocycles. The number of amides is 3. The van der Waals surface area contributed by atoms with Gasteiger partial charge in [-0.05, 0) is 30.7 Å². The zero-order valence-electron chi connectivity index (χ0n) is 16.1. The number of likely N-dealkylation sites (N-methyl/N-ethyl adjacent to an activating group) is 1. The van der Waals surface area contributed by atoms with E-state index in [0.29, 0.717) is 5.69 Å². The van der Waals surface area contributed by atoms with Crippen molar-refractivity contribution in [1.82, 2.24) is 10.2 Å². The number of nitrogens with zero attached hydrogens (tertiary/aromatic N) is 1. The van der Waals surface area contributed by atoms with Gasteiger partial charge in [0.25, 0.3) is 0 Å². The Bertz CT molecular complexity index is 830. The number of hydrogen-bond donors (Lipinski definition) is 2. The Hall–Kier alpha value is -3.41. The lowest BCUT2D eigenvalue weighted by Crippen LogP contribution is -2.36. The summed E-state index contributed by atoms with van der Waals surface area (Å²) in [6, 6.07) is 16.9. The van der Waals surface area contributed by atoms with Gasteiger partial charge >= 0.3 is 0 Å². The summed E-state index contributed by atoms with van der Waals surface area (Å²) in [5, 5.41) is 5.41. The molecule has 0 radical (unpaired) electrons. The third kappa shape index (κ3) is 7.45. The fourth-order valence-electron chi connectivity index (χ4n) is 2.42. The van der Waals surface area contributed by atoms with Crippen LogP contribution in [0.1, 0.15) is 17.5 Å². The summed E-state index contributed by atoms with van der Waals surface area (Å²) in [6.45, 7) is 2.13. The van der Waals surface area contributed by atoms with Gasteiger partial charge in [-0.2, -0.15) is 0 Å². The standard InChI is InChI=1S/C22H25N3O3/c1-17-8-11-19(12-9-17)24-21(27)16-25(2)22(28)14-15-23-20(26)13-10-18-6-4-3-5-7-18/h3-13H,14-16H2,1-2H3,(H,23,26)(H,24,27)/b13-10+. The predicted molar refractivity (Wildman–Crippen MR) is 111 cm³/mol. The Morgan fingerprint density at radius 3 is 2.36 bits per heavy atom. The van der Waals surface area contributed by atoms with Crippen LogP contribution in [0.25, 0.3) is 6.08 Å². The normalized spacial score (nSPS) is 10.5. The fraction of sp³-hybridized carbons (Fsp3) is 0.227. The lowest BCUT2D eigenvalue weighted by molar-refractivity contribution is -0.133. The monoisotopic (exact) mass is 379 g/mol. The third-order valence-electron chi connectivity index (χ3n) is 4.01. The van der Waals surface area contributed by atoms with Crippen LogP contribution in [0.3, 0.4) is 0 Å². The first-order chi connectivity index (χ1) is 13.4. The van der Waals surface area contributed by atoms with E-state index >= 15 is 0 Å². The van der Waals surface area contributed by atoms with Gasteiger partial charge in [-0.3, -0.25) is 14.4 Å². The molecule has 28 heavy (non-hydrogen) atoms. The molecule has 0 unspecified atom stereocenters. The van der Waals surface area contributed by atoms with Crippen molar-refractivity contribution in [2.45, 2.75) is 13.3 Å². The Morgan fingerprint density at radius 2 is 1.68 bits per heavy atom. The van der Waals surface area contributed by atoms with Crippen LogP contribution >= 0.6 is 0 Å². The number of carbonyl (C=O) groups excluding carboxylic acids is 3. The van der Waals surface area contributed by atoms with Crippen molar-refractivity contribution in [3.8, 4) is 0 Å². The van der Waals surface area contributed by atoms with E-state index in [1.165, 1.54) is 11.0 Å². The molecule has 0 heterocycles. The molecule has 2 rings (SSSR count). The maximum atomic E-state index is 12.1. The SMILES string of the molecule is Cc1ccc(NC(=O)CN(C)C(=O)CCNC(=O)/C=C/c2ccccc2)cc1. The lowest BCUT2D eigenvalue weighted by atomic mass is 10.2. The van der Waals surface area contributed by atoms with E-state index in [9.17, 15) is 14.4 Å². The molecule has 0 atom stereocenters. The number of nitrogens with one attached hydrogen (secondary N) is 2. The second-order valence-electron chi connectivity index (χ2n) is 6.45. The maximum Gasteiger partial charge on any atom is 0.244 e. The van der Waals surface area contributed by atoms with Gasteiger partial charge in [0, 0.05) is 31.8 Å². The van der Waals surface area contributed by atoms with Gasteiger partial charge in [0.1, 0.15) is 0 Å². The zero-order chi connectivity index (χ0) is 20.4. The highest BCUT2D eigenvalue weighted by Crippen LogP contribution is 2.08. The molecule has 3 amide bonds. The number of carbonyl (C=O) groups is 3. The highest BCUT2D eigenvalue weighted by atomic mass is 16.2. The van der Waals surface area contributed by atoms with Crippen molar-refractivity contribution in [2.24, 2.45) is 0 Å². The average Bonchev–Trinajstić information content (AvgIpc) is 2.68. The van der Waals surface area contributed by atoms with Crippen LogP contribution in [-0.4, -0.2) is 42.8 Å². The molecule has 0 saturated carbocycles. The predicted octanol–water partition coefficient (Wildman–Crippen LogP) is 2.61. The van der Waals surface area contributed by atoms with E-state index in [1.54, 1.807) is 13.1 Å². The summed E-state index contributed by atoms with van der Waals surface area (Å²) in [7, 11) is 1.56. The molecule has 0 bridgehead atoms. The van der Waals surface area contributed by atoms with Crippen molar-refractivity contribution in [3.05, 3.63) is 71.8 Å². The van der Waals surface area contributed by atoms with Crippen molar-refractivity contribution in [2.75, 3.05) is 25.5 Å². The first kappa shape index (κ1) is 20.9. The maximum absolute atomic E-state index is 12.1. The van der Waals surface area contributed by atoms with Crippen molar-refractivity contribution in [1.29, 1.82) is 0 Å². The number of aryl methyl sites for hydroxylation is 1. The molecule has 0 saturated heterocycles. The van der Waals surface area contributed by atoms with E-state index < -0.39 is 0 Å². The van der Waals surface area contributed by atoms with Crippen molar-refractivity contribution < 1.29 is 14.4 Å². The van der Waals surface area contributed by atoms with Crippen LogP contribution in [-0.2, 0) is 14.4 Å². The van der Waals surface area contributed by atoms with E-state index in [1.807, 2.05) is 61.5 Å². The van der Waals surface area contributed by atoms with Crippen LogP contribution in [0.5, 0.6) is 0 Å². The zero-order valence-corrected chi connectivity index (χ0v) is 16.1. The molecule has 0 aliphatic heterocycles. The molecule has 0 aliphatic carbocycles. The quantitative estimate of drug-likeness (QED) is 0.692. The molecule has 6 heteroatoms. The minimum absolute atomic E-state index is 0.0471. The van der Waals surface area contributed by atoms with Crippen molar-refractivity contribution >= 4 is 29.5 Å². The molecular formula is C22H25N3O3. The summed E-state index contributed by atoms with van der Waals surface area (Å²) in [6.07, 6.45) is 3.26. The second kappa shape index (κ2) is 10.7. The number of rotatable bonds is 8. The molecule has 6 nitrogen and oxygen atoms in total. The molecule has 0 fully saturated rings. The van der Waals surface area contributed by atoms with Crippen LogP contribution in [0.4, 0.5) is 5.69 Å². The van der Waals surface area contributed by atoms with E-state index in [-0.39, 0.29) is 37.2 Å². The van der Waals surface area contributed by atoms with E-state index in [2.05, 4.69) is 10.6 Å². The van der Waals surface area contributed by atoms with E-state index in [0.717, 1.165) is 11.1 Å². The fourth-order valence-corrected chi connectivity index (χ4v) is 2.42. The Balaban J connectivity index is 1.68. The van der Waals surface area contributed by atoms with Gasteiger partial charge in [0.05, 0.1) is 6.54 Å². The van der Waals surface area contributed by atoms with Gasteiger partial charge in [0.2, 0.25) is 17.7 Å². The number of hydrogen-bond acceptors (Lipinski definition) is 3. The number of benzene rings is 2. The summed E-state index contributed by atoms with van der Waals surface area (Å²) in [5.74, 6) is -0.752. The summed E-state index contributed by atoms with van der Waals surface area (Å²) in [5.41, 5.74) is 2.72. The smallest absolute Gasteiger partial charge is 0.244 e. The van der Waals surface area contributed by atoms with Gasteiger partial charge in [-0.1, -0.05) is 48.0 Å². The Kier molecular flexibility index (Phi) is 7.96. The van der Waals surface area contributed by atoms with E-state index in [4.69, 9.17) is 0 Å². The van der Waals surface area contributed by atoms with Crippen LogP contribution in [0.2, 0.25) is 0 Å². The molecule has 2 N–H and O–H groups in total. The Labute approximate surface area is 165 Å². The van der Waals surface area contributed by atoms with Gasteiger partial charge in [-0.15, -0.1) is 0 Å². The lowest BCUT2D eigenvalue weighted by Gasteiger charge is -2.17. The molecule has 0 aliphatic rings. The first-order valence-electron chi connectivity index (χ1n) is 9.05. The van der Waals surface area contributed by atoms with Crippen LogP contribution in [0, 0.1) is 6.92 Å². The summed E-state index contributed by atoms with van der Waals surface area (Å²) >= 11 is 0. The van der Waals surface area contributed by atoms with Gasteiger partial charge in [0.15, 0.2) is 0 Å². The summed E-state index contributed by atoms with van der Waals surface area (Å²) < 4.78 is 0.